The van der Waals surface area contributed by atoms with Crippen molar-refractivity contribution in [3.8, 4) is 0 Å². The Hall–Kier alpha value is -0.610. The van der Waals surface area contributed by atoms with E-state index in [0.717, 1.165) is 12.3 Å². The Balaban J connectivity index is 1.82. The SMILES string of the molecule is CNC(C)(CCCOC1CC2CCC1(C)C2(C)C)C(=O)O. The average molecular weight is 297 g/mol. The molecule has 0 aromatic rings. The number of carboxylic acid groups (broad SMARTS) is 1. The highest BCUT2D eigenvalue weighted by molar-refractivity contribution is 5.78. The molecule has 0 amide bonds. The van der Waals surface area contributed by atoms with Crippen molar-refractivity contribution >= 4 is 5.97 Å². The third kappa shape index (κ3) is 2.61. The number of carbonyl (C=O) groups is 1. The number of hydrogen-bond donors (Lipinski definition) is 2. The molecule has 4 atom stereocenters. The van der Waals surface area contributed by atoms with Crippen molar-refractivity contribution in [1.29, 1.82) is 0 Å². The quantitative estimate of drug-likeness (QED) is 0.709. The highest BCUT2D eigenvalue weighted by Gasteiger charge is 2.61. The highest BCUT2D eigenvalue weighted by atomic mass is 16.5. The maximum Gasteiger partial charge on any atom is 0.323 e. The standard InChI is InChI=1S/C17H31NO3/c1-15(2)12-7-9-16(15,3)13(11-12)21-10-6-8-17(4,18-5)14(19)20/h12-13,18H,6-11H2,1-5H3,(H,19,20). The molecular weight excluding hydrogens is 266 g/mol. The predicted octanol–water partition coefficient (Wildman–Crippen LogP) is 3.06. The Morgan fingerprint density at radius 2 is 2.10 bits per heavy atom. The van der Waals surface area contributed by atoms with Crippen LogP contribution in [-0.4, -0.2) is 36.4 Å². The minimum Gasteiger partial charge on any atom is -0.480 e. The number of rotatable bonds is 7. The first-order chi connectivity index (χ1) is 9.67. The molecule has 0 aromatic carbocycles. The van der Waals surface area contributed by atoms with Gasteiger partial charge in [-0.25, -0.2) is 0 Å². The summed E-state index contributed by atoms with van der Waals surface area (Å²) in [5, 5.41) is 12.1. The van der Waals surface area contributed by atoms with Crippen LogP contribution in [0.5, 0.6) is 0 Å². The summed E-state index contributed by atoms with van der Waals surface area (Å²) in [4.78, 5) is 11.2. The molecule has 2 N–H and O–H groups in total. The normalized spacial score (nSPS) is 36.6. The number of aliphatic carboxylic acids is 1. The van der Waals surface area contributed by atoms with Gasteiger partial charge in [0.25, 0.3) is 0 Å². The minimum absolute atomic E-state index is 0.288. The maximum atomic E-state index is 11.2. The van der Waals surface area contributed by atoms with Crippen LogP contribution in [-0.2, 0) is 9.53 Å². The second kappa shape index (κ2) is 5.54. The van der Waals surface area contributed by atoms with Crippen molar-refractivity contribution in [1.82, 2.24) is 5.32 Å². The lowest BCUT2D eigenvalue weighted by atomic mass is 9.70. The number of ether oxygens (including phenoxy) is 1. The van der Waals surface area contributed by atoms with E-state index in [2.05, 4.69) is 26.1 Å². The van der Waals surface area contributed by atoms with Crippen LogP contribution in [0.2, 0.25) is 0 Å². The van der Waals surface area contributed by atoms with Crippen LogP contribution in [0.3, 0.4) is 0 Å². The van der Waals surface area contributed by atoms with Crippen molar-refractivity contribution < 1.29 is 14.6 Å². The first-order valence-electron chi connectivity index (χ1n) is 8.21. The summed E-state index contributed by atoms with van der Waals surface area (Å²) in [5.74, 6) is -0.00730. The molecule has 4 nitrogen and oxygen atoms in total. The molecule has 4 heteroatoms. The smallest absolute Gasteiger partial charge is 0.323 e. The molecule has 0 spiro atoms. The van der Waals surface area contributed by atoms with Crippen LogP contribution in [0.25, 0.3) is 0 Å². The van der Waals surface area contributed by atoms with Gasteiger partial charge in [0.2, 0.25) is 0 Å². The van der Waals surface area contributed by atoms with E-state index in [1.54, 1.807) is 14.0 Å². The molecule has 0 heterocycles. The third-order valence-corrected chi connectivity index (χ3v) is 6.88. The van der Waals surface area contributed by atoms with E-state index in [4.69, 9.17) is 4.74 Å². The topological polar surface area (TPSA) is 58.6 Å². The van der Waals surface area contributed by atoms with E-state index in [0.29, 0.717) is 24.5 Å². The second-order valence-electron chi connectivity index (χ2n) is 7.96. The molecule has 0 aliphatic heterocycles. The van der Waals surface area contributed by atoms with Gasteiger partial charge < -0.3 is 15.2 Å². The van der Waals surface area contributed by atoms with Gasteiger partial charge in [-0.3, -0.25) is 4.79 Å². The van der Waals surface area contributed by atoms with Gasteiger partial charge in [-0.1, -0.05) is 20.8 Å². The van der Waals surface area contributed by atoms with Gasteiger partial charge in [-0.05, 0) is 62.8 Å². The fraction of sp³-hybridized carbons (Fsp3) is 0.941. The minimum atomic E-state index is -0.846. The fourth-order valence-corrected chi connectivity index (χ4v) is 4.37. The van der Waals surface area contributed by atoms with Crippen molar-refractivity contribution in [2.75, 3.05) is 13.7 Å². The summed E-state index contributed by atoms with van der Waals surface area (Å²) < 4.78 is 6.17. The first-order valence-corrected chi connectivity index (χ1v) is 8.21. The Labute approximate surface area is 128 Å². The van der Waals surface area contributed by atoms with Crippen molar-refractivity contribution in [2.24, 2.45) is 16.7 Å². The van der Waals surface area contributed by atoms with Crippen LogP contribution < -0.4 is 5.32 Å². The van der Waals surface area contributed by atoms with Gasteiger partial charge in [0.05, 0.1) is 6.10 Å². The fourth-order valence-electron chi connectivity index (χ4n) is 4.37. The molecule has 21 heavy (non-hydrogen) atoms. The number of hydrogen-bond acceptors (Lipinski definition) is 3. The van der Waals surface area contributed by atoms with Crippen LogP contribution >= 0.6 is 0 Å². The van der Waals surface area contributed by atoms with Crippen LogP contribution in [0.4, 0.5) is 0 Å². The highest BCUT2D eigenvalue weighted by Crippen LogP contribution is 2.66. The van der Waals surface area contributed by atoms with Gasteiger partial charge in [0.15, 0.2) is 0 Å². The Kier molecular flexibility index (Phi) is 4.42. The summed E-state index contributed by atoms with van der Waals surface area (Å²) >= 11 is 0. The molecule has 0 aromatic heterocycles. The maximum absolute atomic E-state index is 11.2. The molecule has 122 valence electrons. The van der Waals surface area contributed by atoms with E-state index < -0.39 is 11.5 Å². The monoisotopic (exact) mass is 297 g/mol. The number of nitrogens with one attached hydrogen (secondary N) is 1. The summed E-state index contributed by atoms with van der Waals surface area (Å²) in [6, 6.07) is 0. The molecule has 4 unspecified atom stereocenters. The first kappa shape index (κ1) is 16.8. The van der Waals surface area contributed by atoms with E-state index in [-0.39, 0.29) is 5.41 Å². The van der Waals surface area contributed by atoms with Crippen LogP contribution in [0.15, 0.2) is 0 Å². The number of fused-ring (bicyclic) bond motifs is 2. The van der Waals surface area contributed by atoms with E-state index in [9.17, 15) is 9.90 Å². The Morgan fingerprint density at radius 1 is 1.43 bits per heavy atom. The number of carboxylic acids is 1. The van der Waals surface area contributed by atoms with Gasteiger partial charge in [-0.2, -0.15) is 0 Å². The molecule has 2 rings (SSSR count). The lowest BCUT2D eigenvalue weighted by Gasteiger charge is -2.39. The molecule has 0 saturated heterocycles. The lowest BCUT2D eigenvalue weighted by molar-refractivity contribution is -0.144. The second-order valence-corrected chi connectivity index (χ2v) is 7.96. The lowest BCUT2D eigenvalue weighted by Crippen LogP contribution is -2.47. The molecule has 2 aliphatic carbocycles. The predicted molar refractivity (Wildman–Crippen MR) is 83.3 cm³/mol. The molecule has 2 aliphatic rings. The molecule has 0 radical (unpaired) electrons. The van der Waals surface area contributed by atoms with E-state index >= 15 is 0 Å². The van der Waals surface area contributed by atoms with Gasteiger partial charge in [0.1, 0.15) is 5.54 Å². The number of likely N-dealkylation sites (N-methyl/N-ethyl adjacent to an activating group) is 1. The molecule has 2 bridgehead atoms. The molecular formula is C17H31NO3. The van der Waals surface area contributed by atoms with Gasteiger partial charge in [-0.15, -0.1) is 0 Å². The Morgan fingerprint density at radius 3 is 2.52 bits per heavy atom. The van der Waals surface area contributed by atoms with Gasteiger partial charge in [0, 0.05) is 6.61 Å². The summed E-state index contributed by atoms with van der Waals surface area (Å²) in [6.07, 6.45) is 5.48. The van der Waals surface area contributed by atoms with Crippen molar-refractivity contribution in [3.05, 3.63) is 0 Å². The van der Waals surface area contributed by atoms with Crippen molar-refractivity contribution in [3.63, 3.8) is 0 Å². The van der Waals surface area contributed by atoms with E-state index in [1.165, 1.54) is 19.3 Å². The van der Waals surface area contributed by atoms with Gasteiger partial charge >= 0.3 is 5.97 Å². The zero-order chi connectivity index (χ0) is 15.9. The molecule has 2 fully saturated rings. The van der Waals surface area contributed by atoms with Crippen LogP contribution in [0.1, 0.15) is 59.8 Å². The summed E-state index contributed by atoms with van der Waals surface area (Å²) in [6.45, 7) is 9.54. The van der Waals surface area contributed by atoms with E-state index in [1.807, 2.05) is 0 Å². The summed E-state index contributed by atoms with van der Waals surface area (Å²) in [7, 11) is 1.70. The third-order valence-electron chi connectivity index (χ3n) is 6.88. The average Bonchev–Trinajstić information content (AvgIpc) is 2.76. The summed E-state index contributed by atoms with van der Waals surface area (Å²) in [5.41, 5.74) is -0.184. The zero-order valence-corrected chi connectivity index (χ0v) is 14.2. The van der Waals surface area contributed by atoms with Crippen LogP contribution in [0, 0.1) is 16.7 Å². The molecule has 2 saturated carbocycles. The Bertz CT molecular complexity index is 409. The van der Waals surface area contributed by atoms with Crippen molar-refractivity contribution in [2.45, 2.75) is 71.4 Å². The largest absolute Gasteiger partial charge is 0.480 e. The zero-order valence-electron chi connectivity index (χ0n) is 14.2.